The van der Waals surface area contributed by atoms with Gasteiger partial charge in [0.15, 0.2) is 24.1 Å². The van der Waals surface area contributed by atoms with Gasteiger partial charge in [-0.3, -0.25) is 28.8 Å². The summed E-state index contributed by atoms with van der Waals surface area (Å²) in [6, 6.07) is 0. The van der Waals surface area contributed by atoms with Crippen LogP contribution in [0.5, 0.6) is 0 Å². The van der Waals surface area contributed by atoms with Crippen LogP contribution in [0.1, 0.15) is 48.0 Å². The minimum Gasteiger partial charge on any atom is -0.462 e. The van der Waals surface area contributed by atoms with Crippen LogP contribution in [0.15, 0.2) is 0 Å². The van der Waals surface area contributed by atoms with E-state index in [1.54, 1.807) is 0 Å². The van der Waals surface area contributed by atoms with Crippen LogP contribution < -0.4 is 0 Å². The van der Waals surface area contributed by atoms with Gasteiger partial charge in [-0.2, -0.15) is 0 Å². The fourth-order valence-electron chi connectivity index (χ4n) is 2.34. The van der Waals surface area contributed by atoms with Gasteiger partial charge in [0.1, 0.15) is 6.61 Å². The van der Waals surface area contributed by atoms with Gasteiger partial charge in [0, 0.05) is 41.0 Å². The maximum Gasteiger partial charge on any atom is 0.303 e. The number of hydrogen-bond donors (Lipinski definition) is 0. The maximum atomic E-state index is 12.4. The lowest BCUT2D eigenvalue weighted by molar-refractivity contribution is -0.203. The molecule has 0 aromatic heterocycles. The Morgan fingerprint density at radius 2 is 1.07 bits per heavy atom. The second kappa shape index (κ2) is 12.5. The Hall–Kier alpha value is -2.98. The van der Waals surface area contributed by atoms with Crippen LogP contribution in [-0.2, 0) is 52.5 Å². The molecule has 0 aromatic rings. The van der Waals surface area contributed by atoms with E-state index >= 15 is 0 Å². The quantitative estimate of drug-likeness (QED) is 0.336. The van der Waals surface area contributed by atoms with E-state index in [9.17, 15) is 28.8 Å². The largest absolute Gasteiger partial charge is 0.462 e. The van der Waals surface area contributed by atoms with E-state index in [1.165, 1.54) is 6.92 Å². The average molecular weight is 418 g/mol. The van der Waals surface area contributed by atoms with Gasteiger partial charge in [0.05, 0.1) is 0 Å². The van der Waals surface area contributed by atoms with Crippen LogP contribution in [0.2, 0.25) is 0 Å². The standard InChI is InChI=1S/C18H26O11/c1-7-14(24)16(27-11(4)21)18(29-13(6)23)17(28-12(5)22)15(26-10(3)20)8-25-9(2)19/h15-18H,7-8H2,1-6H3/t15-,16+,17-,18-/m1/s1. The van der Waals surface area contributed by atoms with Crippen molar-refractivity contribution in [2.45, 2.75) is 72.4 Å². The Balaban J connectivity index is 6.29. The lowest BCUT2D eigenvalue weighted by Crippen LogP contribution is -2.55. The summed E-state index contributed by atoms with van der Waals surface area (Å²) in [4.78, 5) is 69.9. The number of rotatable bonds is 11. The molecule has 29 heavy (non-hydrogen) atoms. The summed E-state index contributed by atoms with van der Waals surface area (Å²) in [5.41, 5.74) is 0. The summed E-state index contributed by atoms with van der Waals surface area (Å²) in [6.07, 6.45) is -6.48. The molecule has 164 valence electrons. The molecule has 0 spiro atoms. The zero-order chi connectivity index (χ0) is 22.7. The molecule has 0 unspecified atom stereocenters. The molecular weight excluding hydrogens is 392 g/mol. The highest BCUT2D eigenvalue weighted by atomic mass is 16.6. The number of ether oxygens (including phenoxy) is 5. The molecule has 0 saturated carbocycles. The van der Waals surface area contributed by atoms with Crippen molar-refractivity contribution in [2.75, 3.05) is 6.61 Å². The first-order chi connectivity index (χ1) is 13.4. The van der Waals surface area contributed by atoms with Crippen molar-refractivity contribution >= 4 is 35.6 Å². The van der Waals surface area contributed by atoms with Crippen LogP contribution in [0.3, 0.4) is 0 Å². The van der Waals surface area contributed by atoms with Crippen molar-refractivity contribution in [1.29, 1.82) is 0 Å². The normalized spacial score (nSPS) is 14.4. The summed E-state index contributed by atoms with van der Waals surface area (Å²) in [7, 11) is 0. The van der Waals surface area contributed by atoms with Gasteiger partial charge in [0.2, 0.25) is 6.10 Å². The van der Waals surface area contributed by atoms with E-state index in [1.807, 2.05) is 0 Å². The van der Waals surface area contributed by atoms with Gasteiger partial charge in [0.25, 0.3) is 0 Å². The first-order valence-corrected chi connectivity index (χ1v) is 8.73. The topological polar surface area (TPSA) is 149 Å². The molecule has 0 radical (unpaired) electrons. The van der Waals surface area contributed by atoms with Crippen molar-refractivity contribution in [1.82, 2.24) is 0 Å². The summed E-state index contributed by atoms with van der Waals surface area (Å²) in [5, 5.41) is 0. The van der Waals surface area contributed by atoms with Crippen molar-refractivity contribution in [3.8, 4) is 0 Å². The first-order valence-electron chi connectivity index (χ1n) is 8.73. The molecule has 0 amide bonds. The van der Waals surface area contributed by atoms with E-state index in [4.69, 9.17) is 23.7 Å². The zero-order valence-corrected chi connectivity index (χ0v) is 17.2. The molecular formula is C18H26O11. The number of ketones is 1. The van der Waals surface area contributed by atoms with Crippen molar-refractivity contribution in [3.63, 3.8) is 0 Å². The number of carbonyl (C=O) groups excluding carboxylic acids is 6. The smallest absolute Gasteiger partial charge is 0.303 e. The maximum absolute atomic E-state index is 12.4. The predicted molar refractivity (Wildman–Crippen MR) is 94.1 cm³/mol. The van der Waals surface area contributed by atoms with E-state index in [2.05, 4.69) is 0 Å². The van der Waals surface area contributed by atoms with Gasteiger partial charge < -0.3 is 23.7 Å². The predicted octanol–water partition coefficient (Wildman–Crippen LogP) is 0.255. The molecule has 0 aliphatic carbocycles. The highest BCUT2D eigenvalue weighted by Gasteiger charge is 2.46. The summed E-state index contributed by atoms with van der Waals surface area (Å²) in [6.45, 7) is 6.13. The van der Waals surface area contributed by atoms with Gasteiger partial charge in [-0.15, -0.1) is 0 Å². The molecule has 0 fully saturated rings. The molecule has 0 rings (SSSR count). The molecule has 0 saturated heterocycles. The van der Waals surface area contributed by atoms with Gasteiger partial charge in [-0.1, -0.05) is 6.92 Å². The summed E-state index contributed by atoms with van der Waals surface area (Å²) in [5.74, 6) is -4.82. The molecule has 11 nitrogen and oxygen atoms in total. The SMILES string of the molecule is CCC(=O)[C@H](OC(C)=O)[C@@H](OC(C)=O)[C@H](OC(C)=O)[C@@H](COC(C)=O)OC(C)=O. The molecule has 0 aromatic carbocycles. The Kier molecular flexibility index (Phi) is 11.2. The third-order valence-corrected chi connectivity index (χ3v) is 3.32. The molecule has 4 atom stereocenters. The molecule has 0 aliphatic rings. The van der Waals surface area contributed by atoms with E-state index in [0.29, 0.717) is 0 Å². The molecule has 0 bridgehead atoms. The molecule has 11 heteroatoms. The van der Waals surface area contributed by atoms with E-state index < -0.39 is 66.7 Å². The molecule has 0 heterocycles. The minimum atomic E-state index is -1.66. The highest BCUT2D eigenvalue weighted by Crippen LogP contribution is 2.21. The number of carbonyl (C=O) groups is 6. The minimum absolute atomic E-state index is 0.106. The fraction of sp³-hybridized carbons (Fsp3) is 0.667. The monoisotopic (exact) mass is 418 g/mol. The third kappa shape index (κ3) is 10.2. The van der Waals surface area contributed by atoms with E-state index in [-0.39, 0.29) is 6.42 Å². The van der Waals surface area contributed by atoms with Crippen LogP contribution in [0, 0.1) is 0 Å². The Labute approximate surface area is 167 Å². The Morgan fingerprint density at radius 3 is 1.45 bits per heavy atom. The summed E-state index contributed by atoms with van der Waals surface area (Å²) < 4.78 is 25.2. The molecule has 0 aliphatic heterocycles. The van der Waals surface area contributed by atoms with Crippen molar-refractivity contribution in [2.24, 2.45) is 0 Å². The van der Waals surface area contributed by atoms with E-state index in [0.717, 1.165) is 34.6 Å². The number of esters is 5. The Morgan fingerprint density at radius 1 is 0.621 bits per heavy atom. The van der Waals surface area contributed by atoms with Gasteiger partial charge in [-0.05, 0) is 0 Å². The third-order valence-electron chi connectivity index (χ3n) is 3.32. The lowest BCUT2D eigenvalue weighted by atomic mass is 9.98. The van der Waals surface area contributed by atoms with Crippen LogP contribution in [-0.4, -0.2) is 66.7 Å². The fourth-order valence-corrected chi connectivity index (χ4v) is 2.34. The lowest BCUT2D eigenvalue weighted by Gasteiger charge is -2.34. The first kappa shape index (κ1) is 26.0. The molecule has 0 N–H and O–H groups in total. The summed E-state index contributed by atoms with van der Waals surface area (Å²) >= 11 is 0. The van der Waals surface area contributed by atoms with Crippen LogP contribution in [0.25, 0.3) is 0 Å². The van der Waals surface area contributed by atoms with Crippen molar-refractivity contribution < 1.29 is 52.5 Å². The average Bonchev–Trinajstić information content (AvgIpc) is 2.58. The number of hydrogen-bond acceptors (Lipinski definition) is 11. The van der Waals surface area contributed by atoms with Gasteiger partial charge in [-0.25, -0.2) is 0 Å². The number of Topliss-reactive ketones (excluding diaryl/α,β-unsaturated/α-hetero) is 1. The van der Waals surface area contributed by atoms with Crippen molar-refractivity contribution in [3.05, 3.63) is 0 Å². The van der Waals surface area contributed by atoms with Crippen LogP contribution >= 0.6 is 0 Å². The second-order valence-electron chi connectivity index (χ2n) is 5.95. The van der Waals surface area contributed by atoms with Gasteiger partial charge >= 0.3 is 29.8 Å². The highest BCUT2D eigenvalue weighted by molar-refractivity contribution is 5.86. The zero-order valence-electron chi connectivity index (χ0n) is 17.2. The second-order valence-corrected chi connectivity index (χ2v) is 5.95. The van der Waals surface area contributed by atoms with Crippen LogP contribution in [0.4, 0.5) is 0 Å². The Bertz CT molecular complexity index is 640.